The predicted molar refractivity (Wildman–Crippen MR) is 83.3 cm³/mol. The van der Waals surface area contributed by atoms with Crippen LogP contribution in [0.1, 0.15) is 47.0 Å². The van der Waals surface area contributed by atoms with Crippen LogP contribution >= 0.6 is 11.3 Å². The maximum Gasteiger partial charge on any atom is 0.254 e. The number of primary amides is 1. The molecule has 5 heteroatoms. The Morgan fingerprint density at radius 1 is 1.29 bits per heavy atom. The molecule has 0 unspecified atom stereocenters. The Hall–Kier alpha value is -1.36. The summed E-state index contributed by atoms with van der Waals surface area (Å²) in [5.41, 5.74) is 7.53. The normalized spacial score (nSPS) is 22.9. The summed E-state index contributed by atoms with van der Waals surface area (Å²) in [5, 5.41) is 2.03. The van der Waals surface area contributed by atoms with Crippen molar-refractivity contribution >= 4 is 23.2 Å². The Balaban J connectivity index is 1.71. The van der Waals surface area contributed by atoms with Crippen molar-refractivity contribution in [2.24, 2.45) is 17.6 Å². The number of fused-ring (bicyclic) bond motifs is 1. The lowest BCUT2D eigenvalue weighted by Crippen LogP contribution is -2.41. The maximum atomic E-state index is 12.7. The molecule has 4 nitrogen and oxygen atoms in total. The van der Waals surface area contributed by atoms with E-state index in [1.807, 2.05) is 10.3 Å². The molecule has 0 aromatic carbocycles. The Morgan fingerprint density at radius 2 is 2.00 bits per heavy atom. The quantitative estimate of drug-likeness (QED) is 0.910. The van der Waals surface area contributed by atoms with Crippen molar-refractivity contribution in [3.63, 3.8) is 0 Å². The average molecular weight is 306 g/mol. The summed E-state index contributed by atoms with van der Waals surface area (Å²) < 4.78 is 0. The number of amides is 2. The zero-order valence-corrected chi connectivity index (χ0v) is 13.2. The molecule has 2 heterocycles. The van der Waals surface area contributed by atoms with Crippen LogP contribution in [0.25, 0.3) is 0 Å². The smallest absolute Gasteiger partial charge is 0.254 e. The van der Waals surface area contributed by atoms with Gasteiger partial charge < -0.3 is 10.6 Å². The zero-order chi connectivity index (χ0) is 15.0. The van der Waals surface area contributed by atoms with Crippen LogP contribution in [0, 0.1) is 11.8 Å². The summed E-state index contributed by atoms with van der Waals surface area (Å²) in [7, 11) is 0. The van der Waals surface area contributed by atoms with E-state index in [4.69, 9.17) is 5.73 Å². The summed E-state index contributed by atoms with van der Waals surface area (Å²) in [4.78, 5) is 27.2. The van der Waals surface area contributed by atoms with E-state index in [2.05, 4.69) is 6.92 Å². The summed E-state index contributed by atoms with van der Waals surface area (Å²) in [6, 6.07) is 0. The van der Waals surface area contributed by atoms with E-state index in [1.165, 1.54) is 16.9 Å². The molecule has 2 aliphatic rings. The molecule has 1 aromatic rings. The van der Waals surface area contributed by atoms with Gasteiger partial charge in [0.25, 0.3) is 5.91 Å². The number of likely N-dealkylation sites (tertiary alicyclic amines) is 1. The van der Waals surface area contributed by atoms with Crippen molar-refractivity contribution in [2.45, 2.75) is 39.0 Å². The molecule has 21 heavy (non-hydrogen) atoms. The molecule has 0 spiro atoms. The van der Waals surface area contributed by atoms with E-state index in [0.29, 0.717) is 25.9 Å². The molecule has 2 N–H and O–H groups in total. The van der Waals surface area contributed by atoms with E-state index in [-0.39, 0.29) is 17.7 Å². The van der Waals surface area contributed by atoms with Crippen LogP contribution in [0.5, 0.6) is 0 Å². The predicted octanol–water partition coefficient (Wildman–Crippen LogP) is 2.21. The Bertz CT molecular complexity index is 559. The van der Waals surface area contributed by atoms with E-state index in [0.717, 1.165) is 24.3 Å². The number of piperidine rings is 1. The number of thiophene rings is 1. The van der Waals surface area contributed by atoms with Gasteiger partial charge in [-0.1, -0.05) is 6.92 Å². The molecule has 0 saturated carbocycles. The van der Waals surface area contributed by atoms with Crippen LogP contribution in [0.2, 0.25) is 0 Å². The van der Waals surface area contributed by atoms with E-state index in [9.17, 15) is 9.59 Å². The minimum Gasteiger partial charge on any atom is -0.369 e. The number of nitrogens with two attached hydrogens (primary N) is 1. The molecule has 0 bridgehead atoms. The van der Waals surface area contributed by atoms with Gasteiger partial charge in [0.2, 0.25) is 5.91 Å². The van der Waals surface area contributed by atoms with Crippen LogP contribution in [0.3, 0.4) is 0 Å². The van der Waals surface area contributed by atoms with Gasteiger partial charge in [-0.2, -0.15) is 0 Å². The van der Waals surface area contributed by atoms with Crippen LogP contribution in [0.4, 0.5) is 0 Å². The molecule has 1 atom stereocenters. The van der Waals surface area contributed by atoms with Crippen LogP contribution < -0.4 is 5.73 Å². The van der Waals surface area contributed by atoms with E-state index in [1.54, 1.807) is 11.3 Å². The van der Waals surface area contributed by atoms with Gasteiger partial charge in [-0.05, 0) is 43.6 Å². The highest BCUT2D eigenvalue weighted by Gasteiger charge is 2.29. The first kappa shape index (κ1) is 14.6. The summed E-state index contributed by atoms with van der Waals surface area (Å²) in [6.45, 7) is 3.57. The summed E-state index contributed by atoms with van der Waals surface area (Å²) in [5.74, 6) is 0.575. The van der Waals surface area contributed by atoms with E-state index >= 15 is 0 Å². The molecule has 0 radical (unpaired) electrons. The van der Waals surface area contributed by atoms with Gasteiger partial charge in [-0.3, -0.25) is 9.59 Å². The van der Waals surface area contributed by atoms with E-state index < -0.39 is 0 Å². The lowest BCUT2D eigenvalue weighted by Gasteiger charge is -2.31. The van der Waals surface area contributed by atoms with Gasteiger partial charge >= 0.3 is 0 Å². The number of hydrogen-bond acceptors (Lipinski definition) is 3. The average Bonchev–Trinajstić information content (AvgIpc) is 2.89. The van der Waals surface area contributed by atoms with Gasteiger partial charge in [-0.15, -0.1) is 11.3 Å². The van der Waals surface area contributed by atoms with Crippen molar-refractivity contribution < 1.29 is 9.59 Å². The third-order valence-electron chi connectivity index (χ3n) is 4.82. The second kappa shape index (κ2) is 5.79. The number of nitrogens with zero attached hydrogens (tertiary/aromatic N) is 1. The molecule has 3 rings (SSSR count). The van der Waals surface area contributed by atoms with Crippen molar-refractivity contribution in [3.05, 3.63) is 21.4 Å². The lowest BCUT2D eigenvalue weighted by atomic mass is 9.88. The molecular weight excluding hydrogens is 284 g/mol. The largest absolute Gasteiger partial charge is 0.369 e. The van der Waals surface area contributed by atoms with Crippen molar-refractivity contribution in [3.8, 4) is 0 Å². The minimum atomic E-state index is -0.232. The third kappa shape index (κ3) is 2.84. The van der Waals surface area contributed by atoms with Gasteiger partial charge in [0.05, 0.1) is 5.56 Å². The lowest BCUT2D eigenvalue weighted by molar-refractivity contribution is -0.123. The first-order valence-electron chi connectivity index (χ1n) is 7.74. The van der Waals surface area contributed by atoms with Crippen molar-refractivity contribution in [2.75, 3.05) is 13.1 Å². The van der Waals surface area contributed by atoms with Gasteiger partial charge in [0.1, 0.15) is 0 Å². The van der Waals surface area contributed by atoms with Crippen molar-refractivity contribution in [1.29, 1.82) is 0 Å². The Labute approximate surface area is 129 Å². The fraction of sp³-hybridized carbons (Fsp3) is 0.625. The molecule has 1 aliphatic heterocycles. The number of carbonyl (C=O) groups is 2. The highest BCUT2D eigenvalue weighted by Crippen LogP contribution is 2.33. The highest BCUT2D eigenvalue weighted by atomic mass is 32.1. The molecule has 1 saturated heterocycles. The minimum absolute atomic E-state index is 0.0636. The summed E-state index contributed by atoms with van der Waals surface area (Å²) >= 11 is 1.73. The standard InChI is InChI=1S/C16H22N2O2S/c1-10-2-3-12-13(9-21-14(12)8-10)16(20)18-6-4-11(5-7-18)15(17)19/h9-11H,2-8H2,1H3,(H2,17,19)/t10-/m0/s1. The fourth-order valence-electron chi connectivity index (χ4n) is 3.39. The van der Waals surface area contributed by atoms with Crippen LogP contribution in [-0.2, 0) is 17.6 Å². The topological polar surface area (TPSA) is 63.4 Å². The second-order valence-corrected chi connectivity index (χ2v) is 7.33. The molecule has 2 amide bonds. The molecule has 114 valence electrons. The van der Waals surface area contributed by atoms with Gasteiger partial charge in [0, 0.05) is 29.3 Å². The number of hydrogen-bond donors (Lipinski definition) is 1. The van der Waals surface area contributed by atoms with Gasteiger partial charge in [-0.25, -0.2) is 0 Å². The molecule has 1 aromatic heterocycles. The summed E-state index contributed by atoms with van der Waals surface area (Å²) in [6.07, 6.45) is 4.71. The van der Waals surface area contributed by atoms with Crippen LogP contribution in [0.15, 0.2) is 5.38 Å². The van der Waals surface area contributed by atoms with Gasteiger partial charge in [0.15, 0.2) is 0 Å². The highest BCUT2D eigenvalue weighted by molar-refractivity contribution is 7.10. The molecule has 1 aliphatic carbocycles. The Kier molecular flexibility index (Phi) is 4.02. The molecular formula is C16H22N2O2S. The second-order valence-electron chi connectivity index (χ2n) is 6.37. The Morgan fingerprint density at radius 3 is 2.67 bits per heavy atom. The third-order valence-corrected chi connectivity index (χ3v) is 5.87. The monoisotopic (exact) mass is 306 g/mol. The number of rotatable bonds is 2. The first-order valence-corrected chi connectivity index (χ1v) is 8.62. The number of carbonyl (C=O) groups excluding carboxylic acids is 2. The maximum absolute atomic E-state index is 12.7. The van der Waals surface area contributed by atoms with Crippen molar-refractivity contribution in [1.82, 2.24) is 4.90 Å². The SMILES string of the molecule is C[C@H]1CCc2c(C(=O)N3CCC(C(N)=O)CC3)csc2C1. The zero-order valence-electron chi connectivity index (χ0n) is 12.4. The van der Waals surface area contributed by atoms with Crippen LogP contribution in [-0.4, -0.2) is 29.8 Å². The fourth-order valence-corrected chi connectivity index (χ4v) is 4.63. The first-order chi connectivity index (χ1) is 10.1. The molecule has 1 fully saturated rings.